The number of carbonyl (C=O) groups is 1. The Hall–Kier alpha value is -0.860. The summed E-state index contributed by atoms with van der Waals surface area (Å²) in [5, 5.41) is 11.5. The van der Waals surface area contributed by atoms with Crippen molar-refractivity contribution in [2.75, 3.05) is 13.9 Å². The van der Waals surface area contributed by atoms with Gasteiger partial charge in [0.05, 0.1) is 12.1 Å². The normalized spacial score (nSPS) is 13.8. The molecule has 0 aliphatic heterocycles. The molecule has 1 aromatic rings. The smallest absolute Gasteiger partial charge is 0.405 e. The first-order valence-corrected chi connectivity index (χ1v) is 7.02. The molecule has 0 fully saturated rings. The van der Waals surface area contributed by atoms with Crippen LogP contribution in [0.2, 0.25) is 0 Å². The topological polar surface area (TPSA) is 67.8 Å². The molecule has 0 radical (unpaired) electrons. The van der Waals surface area contributed by atoms with Gasteiger partial charge in [0.15, 0.2) is 0 Å². The van der Waals surface area contributed by atoms with Crippen LogP contribution in [0.3, 0.4) is 0 Å². The van der Waals surface area contributed by atoms with E-state index >= 15 is 0 Å². The van der Waals surface area contributed by atoms with Crippen LogP contribution in [-0.2, 0) is 9.47 Å². The highest BCUT2D eigenvalue weighted by Crippen LogP contribution is 2.26. The van der Waals surface area contributed by atoms with Crippen LogP contribution in [0, 0.1) is 3.57 Å². The van der Waals surface area contributed by atoms with Crippen molar-refractivity contribution in [1.82, 2.24) is 5.32 Å². The number of amides is 1. The number of hydrogen-bond donors (Lipinski definition) is 2. The average molecular weight is 379 g/mol. The minimum Gasteiger partial charge on any atom is -0.465 e. The number of rotatable bonds is 7. The van der Waals surface area contributed by atoms with Gasteiger partial charge in [0.25, 0.3) is 0 Å². The Bertz CT molecular complexity index is 413. The van der Waals surface area contributed by atoms with Crippen LogP contribution in [0.15, 0.2) is 24.3 Å². The molecule has 0 saturated carbocycles. The van der Waals surface area contributed by atoms with Crippen LogP contribution in [0.4, 0.5) is 4.79 Å². The maximum Gasteiger partial charge on any atom is 0.405 e. The van der Waals surface area contributed by atoms with Crippen LogP contribution in [0.25, 0.3) is 0 Å². The third-order valence-corrected chi connectivity index (χ3v) is 3.68. The Kier molecular flexibility index (Phi) is 7.11. The molecule has 5 nitrogen and oxygen atoms in total. The van der Waals surface area contributed by atoms with Crippen molar-refractivity contribution in [1.29, 1.82) is 0 Å². The number of methoxy groups -OCH3 is 1. The van der Waals surface area contributed by atoms with E-state index in [0.29, 0.717) is 6.42 Å². The molecule has 2 N–H and O–H groups in total. The molecule has 2 atom stereocenters. The second kappa shape index (κ2) is 8.34. The Balaban J connectivity index is 2.99. The fourth-order valence-corrected chi connectivity index (χ4v) is 2.56. The predicted octanol–water partition coefficient (Wildman–Crippen LogP) is 3.00. The van der Waals surface area contributed by atoms with E-state index in [9.17, 15) is 4.79 Å². The van der Waals surface area contributed by atoms with Crippen molar-refractivity contribution in [3.8, 4) is 0 Å². The average Bonchev–Trinajstić information content (AvgIpc) is 2.38. The zero-order valence-corrected chi connectivity index (χ0v) is 13.1. The summed E-state index contributed by atoms with van der Waals surface area (Å²) in [5.41, 5.74) is 0.911. The number of ether oxygens (including phenoxy) is 2. The van der Waals surface area contributed by atoms with Crippen molar-refractivity contribution in [3.05, 3.63) is 33.4 Å². The number of nitrogens with one attached hydrogen (secondary N) is 1. The molecule has 19 heavy (non-hydrogen) atoms. The van der Waals surface area contributed by atoms with E-state index in [1.165, 1.54) is 0 Å². The molecule has 106 valence electrons. The van der Waals surface area contributed by atoms with Crippen LogP contribution in [-0.4, -0.2) is 31.2 Å². The van der Waals surface area contributed by atoms with Crippen molar-refractivity contribution < 1.29 is 19.4 Å². The lowest BCUT2D eigenvalue weighted by molar-refractivity contribution is -0.0842. The van der Waals surface area contributed by atoms with Gasteiger partial charge in [-0.15, -0.1) is 0 Å². The number of hydrogen-bond acceptors (Lipinski definition) is 3. The second-order valence-electron chi connectivity index (χ2n) is 3.97. The van der Waals surface area contributed by atoms with Gasteiger partial charge in [0.1, 0.15) is 6.79 Å². The lowest BCUT2D eigenvalue weighted by Gasteiger charge is -2.27. The van der Waals surface area contributed by atoms with Gasteiger partial charge in [-0.3, -0.25) is 0 Å². The molecule has 2 unspecified atom stereocenters. The highest BCUT2D eigenvalue weighted by Gasteiger charge is 2.25. The Labute approximate surface area is 126 Å². The number of benzene rings is 1. The fourth-order valence-electron chi connectivity index (χ4n) is 1.84. The largest absolute Gasteiger partial charge is 0.465 e. The minimum atomic E-state index is -1.07. The molecule has 0 bridgehead atoms. The van der Waals surface area contributed by atoms with Gasteiger partial charge in [-0.2, -0.15) is 0 Å². The lowest BCUT2D eigenvalue weighted by atomic mass is 10.00. The molecule has 1 amide bonds. The molecule has 6 heteroatoms. The van der Waals surface area contributed by atoms with E-state index in [2.05, 4.69) is 27.9 Å². The van der Waals surface area contributed by atoms with Crippen LogP contribution in [0.5, 0.6) is 0 Å². The standard InChI is InChI=1S/C13H18INO4/c1-3-11(19-8-18-2)12(15-13(16)17)9-6-4-5-7-10(9)14/h4-7,11-12,15H,3,8H2,1-2H3,(H,16,17). The molecule has 0 aromatic heterocycles. The van der Waals surface area contributed by atoms with Crippen LogP contribution in [0.1, 0.15) is 24.9 Å². The molecular weight excluding hydrogens is 361 g/mol. The van der Waals surface area contributed by atoms with Gasteiger partial charge in [0, 0.05) is 10.7 Å². The summed E-state index contributed by atoms with van der Waals surface area (Å²) in [6.07, 6.45) is -0.657. The SMILES string of the molecule is CCC(OCOC)C(NC(=O)O)c1ccccc1I. The summed E-state index contributed by atoms with van der Waals surface area (Å²) in [6, 6.07) is 7.24. The summed E-state index contributed by atoms with van der Waals surface area (Å²) in [4.78, 5) is 11.0. The molecular formula is C13H18INO4. The zero-order valence-electron chi connectivity index (χ0n) is 10.9. The molecule has 1 rings (SSSR count). The third-order valence-electron chi connectivity index (χ3n) is 2.69. The molecule has 1 aromatic carbocycles. The monoisotopic (exact) mass is 379 g/mol. The third kappa shape index (κ3) is 4.96. The molecule has 0 aliphatic carbocycles. The first kappa shape index (κ1) is 16.2. The minimum absolute atomic E-state index is 0.139. The Morgan fingerprint density at radius 3 is 2.68 bits per heavy atom. The molecule has 0 aliphatic rings. The van der Waals surface area contributed by atoms with E-state index in [1.807, 2.05) is 31.2 Å². The predicted molar refractivity (Wildman–Crippen MR) is 80.1 cm³/mol. The number of halogens is 1. The van der Waals surface area contributed by atoms with E-state index in [-0.39, 0.29) is 12.9 Å². The lowest BCUT2D eigenvalue weighted by Crippen LogP contribution is -2.37. The van der Waals surface area contributed by atoms with Crippen LogP contribution >= 0.6 is 22.6 Å². The maximum absolute atomic E-state index is 11.0. The van der Waals surface area contributed by atoms with Crippen LogP contribution < -0.4 is 5.32 Å². The second-order valence-corrected chi connectivity index (χ2v) is 5.13. The Morgan fingerprint density at radius 1 is 1.47 bits per heavy atom. The van der Waals surface area contributed by atoms with Gasteiger partial charge >= 0.3 is 6.09 Å². The van der Waals surface area contributed by atoms with Crippen molar-refractivity contribution in [2.24, 2.45) is 0 Å². The van der Waals surface area contributed by atoms with Gasteiger partial charge in [-0.25, -0.2) is 4.79 Å². The summed E-state index contributed by atoms with van der Waals surface area (Å²) in [6.45, 7) is 2.09. The van der Waals surface area contributed by atoms with E-state index in [4.69, 9.17) is 14.6 Å². The Morgan fingerprint density at radius 2 is 2.16 bits per heavy atom. The molecule has 0 spiro atoms. The quantitative estimate of drug-likeness (QED) is 0.565. The van der Waals surface area contributed by atoms with Crippen molar-refractivity contribution in [3.63, 3.8) is 0 Å². The van der Waals surface area contributed by atoms with Gasteiger partial charge < -0.3 is 19.9 Å². The van der Waals surface area contributed by atoms with E-state index < -0.39 is 12.1 Å². The van der Waals surface area contributed by atoms with E-state index in [1.54, 1.807) is 7.11 Å². The van der Waals surface area contributed by atoms with Crippen molar-refractivity contribution >= 4 is 28.7 Å². The van der Waals surface area contributed by atoms with E-state index in [0.717, 1.165) is 9.13 Å². The van der Waals surface area contributed by atoms with Gasteiger partial charge in [-0.1, -0.05) is 25.1 Å². The highest BCUT2D eigenvalue weighted by molar-refractivity contribution is 14.1. The molecule has 0 heterocycles. The first-order valence-electron chi connectivity index (χ1n) is 5.94. The highest BCUT2D eigenvalue weighted by atomic mass is 127. The summed E-state index contributed by atoms with van der Waals surface area (Å²) < 4.78 is 11.5. The summed E-state index contributed by atoms with van der Waals surface area (Å²) in [5.74, 6) is 0. The first-order chi connectivity index (χ1) is 9.10. The maximum atomic E-state index is 11.0. The summed E-state index contributed by atoms with van der Waals surface area (Å²) in [7, 11) is 1.54. The van der Waals surface area contributed by atoms with Gasteiger partial charge in [-0.05, 0) is 40.6 Å². The summed E-state index contributed by atoms with van der Waals surface area (Å²) >= 11 is 2.19. The van der Waals surface area contributed by atoms with Gasteiger partial charge in [0.2, 0.25) is 0 Å². The number of carboxylic acid groups (broad SMARTS) is 1. The molecule has 0 saturated heterocycles. The zero-order chi connectivity index (χ0) is 14.3. The van der Waals surface area contributed by atoms with Crippen molar-refractivity contribution in [2.45, 2.75) is 25.5 Å². The fraction of sp³-hybridized carbons (Fsp3) is 0.462.